The Labute approximate surface area is 357 Å². The fourth-order valence-corrected chi connectivity index (χ4v) is 11.7. The predicted octanol–water partition coefficient (Wildman–Crippen LogP) is 14.4. The molecule has 0 unspecified atom stereocenters. The van der Waals surface area contributed by atoms with Crippen molar-refractivity contribution in [2.24, 2.45) is 17.3 Å². The maximum absolute atomic E-state index is 10.8. The van der Waals surface area contributed by atoms with E-state index in [1.807, 2.05) is 48.5 Å². The number of aromatic hydroxyl groups is 4. The molecule has 0 heterocycles. The predicted molar refractivity (Wildman–Crippen MR) is 246 cm³/mol. The van der Waals surface area contributed by atoms with E-state index in [1.54, 1.807) is 0 Å². The highest BCUT2D eigenvalue weighted by atomic mass is 16.3. The molecule has 0 aromatic heterocycles. The molecule has 59 heavy (non-hydrogen) atoms. The van der Waals surface area contributed by atoms with E-state index in [1.165, 1.54) is 44.5 Å². The molecule has 0 saturated heterocycles. The van der Waals surface area contributed by atoms with Crippen LogP contribution in [0.4, 0.5) is 0 Å². The van der Waals surface area contributed by atoms with Crippen LogP contribution in [0.5, 0.6) is 23.0 Å². The summed E-state index contributed by atoms with van der Waals surface area (Å²) < 4.78 is 0. The van der Waals surface area contributed by atoms with Gasteiger partial charge in [-0.05, 0) is 183 Å². The molecule has 6 rings (SSSR count). The average molecular weight is 801 g/mol. The van der Waals surface area contributed by atoms with E-state index >= 15 is 0 Å². The number of hydrogen-bond donors (Lipinski definition) is 4. The summed E-state index contributed by atoms with van der Waals surface area (Å²) in [6.07, 6.45) is 8.41. The molecule has 0 amide bonds. The molecule has 2 aliphatic rings. The molecule has 0 atom stereocenters. The van der Waals surface area contributed by atoms with Crippen molar-refractivity contribution in [1.29, 1.82) is 0 Å². The third-order valence-electron chi connectivity index (χ3n) is 15.1. The van der Waals surface area contributed by atoms with E-state index in [0.29, 0.717) is 34.8 Å². The summed E-state index contributed by atoms with van der Waals surface area (Å²) >= 11 is 0. The Morgan fingerprint density at radius 3 is 0.746 bits per heavy atom. The Kier molecular flexibility index (Phi) is 11.5. The van der Waals surface area contributed by atoms with Crippen molar-refractivity contribution in [3.05, 3.63) is 117 Å². The van der Waals surface area contributed by atoms with Gasteiger partial charge in [0.15, 0.2) is 0 Å². The summed E-state index contributed by atoms with van der Waals surface area (Å²) in [4.78, 5) is 0. The van der Waals surface area contributed by atoms with E-state index in [4.69, 9.17) is 0 Å². The molecule has 0 radical (unpaired) electrons. The van der Waals surface area contributed by atoms with Crippen LogP contribution in [0.3, 0.4) is 0 Å². The van der Waals surface area contributed by atoms with Gasteiger partial charge in [-0.25, -0.2) is 0 Å². The largest absolute Gasteiger partial charge is 0.508 e. The summed E-state index contributed by atoms with van der Waals surface area (Å²) in [7, 11) is 0. The van der Waals surface area contributed by atoms with Crippen LogP contribution in [0.25, 0.3) is 0 Å². The second kappa shape index (κ2) is 15.2. The van der Waals surface area contributed by atoms with Crippen molar-refractivity contribution in [2.45, 2.75) is 181 Å². The highest BCUT2D eigenvalue weighted by molar-refractivity contribution is 5.56. The van der Waals surface area contributed by atoms with Gasteiger partial charge in [0.25, 0.3) is 0 Å². The van der Waals surface area contributed by atoms with Gasteiger partial charge in [0.2, 0.25) is 0 Å². The van der Waals surface area contributed by atoms with Gasteiger partial charge < -0.3 is 20.4 Å². The van der Waals surface area contributed by atoms with Crippen molar-refractivity contribution in [2.75, 3.05) is 0 Å². The zero-order chi connectivity index (χ0) is 43.7. The van der Waals surface area contributed by atoms with Crippen molar-refractivity contribution in [3.8, 4) is 23.0 Å². The van der Waals surface area contributed by atoms with Crippen molar-refractivity contribution >= 4 is 0 Å². The minimum Gasteiger partial charge on any atom is -0.508 e. The van der Waals surface area contributed by atoms with E-state index < -0.39 is 0 Å². The van der Waals surface area contributed by atoms with Crippen LogP contribution < -0.4 is 0 Å². The van der Waals surface area contributed by atoms with Crippen LogP contribution in [0, 0.1) is 17.3 Å². The van der Waals surface area contributed by atoms with Gasteiger partial charge in [-0.3, -0.25) is 0 Å². The first-order valence-electron chi connectivity index (χ1n) is 22.5. The Morgan fingerprint density at radius 1 is 0.356 bits per heavy atom. The molecular formula is C55H76O4. The van der Waals surface area contributed by atoms with Gasteiger partial charge in [0.1, 0.15) is 23.0 Å². The second-order valence-electron chi connectivity index (χ2n) is 23.5. The van der Waals surface area contributed by atoms with Gasteiger partial charge in [-0.2, -0.15) is 0 Å². The van der Waals surface area contributed by atoms with Crippen LogP contribution in [0.1, 0.15) is 193 Å². The van der Waals surface area contributed by atoms with Crippen molar-refractivity contribution in [3.63, 3.8) is 0 Å². The SMILES string of the molecule is CC(C)(C)c1cc(O)ccc1C1(c2ccc(O)cc2C(C)(C)C)CCC(C(C)(C)C2CCC(c3ccc(O)cc3C(C)(C)C)(c3ccc(O)cc3C(C)(C)C)CC2)CC1. The summed E-state index contributed by atoms with van der Waals surface area (Å²) in [6.45, 7) is 32.1. The van der Waals surface area contributed by atoms with Crippen molar-refractivity contribution < 1.29 is 20.4 Å². The summed E-state index contributed by atoms with van der Waals surface area (Å²) in [6, 6.07) is 24.3. The Bertz CT molecular complexity index is 1860. The zero-order valence-electron chi connectivity index (χ0n) is 39.0. The molecule has 4 heteroatoms. The van der Waals surface area contributed by atoms with Crippen LogP contribution in [-0.4, -0.2) is 20.4 Å². The fourth-order valence-electron chi connectivity index (χ4n) is 11.7. The maximum Gasteiger partial charge on any atom is 0.115 e. The minimum atomic E-state index is -0.259. The van der Waals surface area contributed by atoms with Crippen LogP contribution in [-0.2, 0) is 32.5 Å². The van der Waals surface area contributed by atoms with Gasteiger partial charge in [0, 0.05) is 10.8 Å². The van der Waals surface area contributed by atoms with E-state index in [2.05, 4.69) is 121 Å². The summed E-state index contributed by atoms with van der Waals surface area (Å²) in [5, 5.41) is 43.3. The third-order valence-corrected chi connectivity index (χ3v) is 15.1. The fraction of sp³-hybridized carbons (Fsp3) is 0.564. The lowest BCUT2D eigenvalue weighted by atomic mass is 9.51. The molecule has 2 saturated carbocycles. The number of hydrogen-bond acceptors (Lipinski definition) is 4. The average Bonchev–Trinajstić information content (AvgIpc) is 3.13. The quantitative estimate of drug-likeness (QED) is 0.157. The second-order valence-corrected chi connectivity index (χ2v) is 23.5. The number of rotatable bonds is 6. The first kappa shape index (κ1) is 44.6. The first-order valence-corrected chi connectivity index (χ1v) is 22.5. The zero-order valence-corrected chi connectivity index (χ0v) is 39.0. The number of phenolic OH excluding ortho intramolecular Hbond substituents is 4. The lowest BCUT2D eigenvalue weighted by Crippen LogP contribution is -2.45. The van der Waals surface area contributed by atoms with Crippen LogP contribution in [0.2, 0.25) is 0 Å². The maximum atomic E-state index is 10.8. The molecular weight excluding hydrogens is 725 g/mol. The topological polar surface area (TPSA) is 80.9 Å². The van der Waals surface area contributed by atoms with Crippen LogP contribution >= 0.6 is 0 Å². The first-order chi connectivity index (χ1) is 27.1. The molecule has 4 aromatic carbocycles. The molecule has 2 fully saturated rings. The monoisotopic (exact) mass is 801 g/mol. The Morgan fingerprint density at radius 2 is 0.559 bits per heavy atom. The normalized spacial score (nSPS) is 18.5. The highest BCUT2D eigenvalue weighted by Crippen LogP contribution is 2.60. The van der Waals surface area contributed by atoms with Crippen LogP contribution in [0.15, 0.2) is 72.8 Å². The molecule has 0 spiro atoms. The smallest absolute Gasteiger partial charge is 0.115 e. The van der Waals surface area contributed by atoms with Gasteiger partial charge in [-0.1, -0.05) is 121 Å². The standard InChI is InChI=1S/C55H76O4/c1-49(2,3)45-31-37(56)15-19-41(45)54(42-20-16-38(57)32-46(42)50(4,5)6)27-23-35(24-28-54)53(13,14)36-25-29-55(30-26-36,43-21-17-39(58)33-47(43)51(7,8)9)44-22-18-40(59)34-48(44)52(10,11)12/h15-22,31-36,56-59H,23-30H2,1-14H3. The molecule has 320 valence electrons. The highest BCUT2D eigenvalue weighted by Gasteiger charge is 2.51. The molecule has 2 aliphatic carbocycles. The summed E-state index contributed by atoms with van der Waals surface area (Å²) in [5.74, 6) is 2.31. The molecule has 4 N–H and O–H groups in total. The summed E-state index contributed by atoms with van der Waals surface area (Å²) in [5.41, 5.74) is 8.93. The van der Waals surface area contributed by atoms with E-state index in [9.17, 15) is 20.4 Å². The molecule has 0 aliphatic heterocycles. The van der Waals surface area contributed by atoms with Gasteiger partial charge >= 0.3 is 0 Å². The van der Waals surface area contributed by atoms with E-state index in [-0.39, 0.29) is 37.9 Å². The van der Waals surface area contributed by atoms with Crippen molar-refractivity contribution in [1.82, 2.24) is 0 Å². The molecule has 0 bridgehead atoms. The Balaban J connectivity index is 1.39. The minimum absolute atomic E-state index is 0.103. The Hall–Kier alpha value is -3.92. The number of phenols is 4. The molecule has 4 aromatic rings. The third kappa shape index (κ3) is 8.41. The van der Waals surface area contributed by atoms with Gasteiger partial charge in [0.05, 0.1) is 0 Å². The van der Waals surface area contributed by atoms with E-state index in [0.717, 1.165) is 51.4 Å². The number of benzene rings is 4. The van der Waals surface area contributed by atoms with Gasteiger partial charge in [-0.15, -0.1) is 0 Å². The molecule has 4 nitrogen and oxygen atoms in total. The lowest BCUT2D eigenvalue weighted by Gasteiger charge is -2.53. The lowest BCUT2D eigenvalue weighted by molar-refractivity contribution is 0.0358.